The van der Waals surface area contributed by atoms with Gasteiger partial charge in [-0.15, -0.1) is 0 Å². The molecule has 3 N–H and O–H groups in total. The number of carbonyl (C=O) groups is 2. The first-order valence-corrected chi connectivity index (χ1v) is 9.29. The van der Waals surface area contributed by atoms with Gasteiger partial charge in [-0.3, -0.25) is 9.59 Å². The predicted octanol–water partition coefficient (Wildman–Crippen LogP) is 3.02. The number of amides is 1. The molecule has 3 rings (SSSR count). The average Bonchev–Trinajstić information content (AvgIpc) is 2.68. The molecule has 8 heteroatoms. The number of carbonyl (C=O) groups excluding carboxylic acids is 2. The van der Waals surface area contributed by atoms with Crippen LogP contribution in [-0.2, 0) is 16.0 Å². The van der Waals surface area contributed by atoms with Gasteiger partial charge in [0.1, 0.15) is 17.7 Å². The molecule has 0 fully saturated rings. The van der Waals surface area contributed by atoms with Gasteiger partial charge in [0.15, 0.2) is 0 Å². The van der Waals surface area contributed by atoms with Crippen LogP contribution in [0, 0.1) is 5.82 Å². The van der Waals surface area contributed by atoms with E-state index in [-0.39, 0.29) is 24.1 Å². The fraction of sp³-hybridized carbons (Fsp3) is 0.286. The zero-order chi connectivity index (χ0) is 20.8. The summed E-state index contributed by atoms with van der Waals surface area (Å²) in [6, 6.07) is 9.33. The van der Waals surface area contributed by atoms with Crippen molar-refractivity contribution in [1.82, 2.24) is 0 Å². The molecule has 1 atom stereocenters. The number of hydrazone groups is 1. The molecule has 0 radical (unpaired) electrons. The molecule has 0 saturated carbocycles. The van der Waals surface area contributed by atoms with Crippen molar-refractivity contribution in [2.24, 2.45) is 10.9 Å². The van der Waals surface area contributed by atoms with Gasteiger partial charge >= 0.3 is 5.97 Å². The largest absolute Gasteiger partial charge is 0.490 e. The van der Waals surface area contributed by atoms with Crippen LogP contribution in [0.25, 0.3) is 0 Å². The Balaban J connectivity index is 1.66. The van der Waals surface area contributed by atoms with Crippen LogP contribution in [-0.4, -0.2) is 30.8 Å². The summed E-state index contributed by atoms with van der Waals surface area (Å²) in [7, 11) is 0. The molecule has 1 aliphatic rings. The first kappa shape index (κ1) is 20.3. The molecule has 0 aliphatic carbocycles. The standard InChI is InChI=1S/C21H22FN3O4/c1-2-28-20(26)11-16-6-4-14-10-15(5-8-19(14)29-16)25-21(27)17-7-3-13(12-24-23)9-18(17)22/h3,5,7-10,12,16H,2,4,6,11,23H2,1H3,(H,25,27). The quantitative estimate of drug-likeness (QED) is 0.336. The Bertz CT molecular complexity index is 946. The second-order valence-corrected chi connectivity index (χ2v) is 6.58. The highest BCUT2D eigenvalue weighted by Gasteiger charge is 2.23. The van der Waals surface area contributed by atoms with Crippen LogP contribution in [0.5, 0.6) is 5.75 Å². The van der Waals surface area contributed by atoms with Gasteiger partial charge < -0.3 is 20.6 Å². The third-order valence-corrected chi connectivity index (χ3v) is 4.51. The molecule has 0 saturated heterocycles. The summed E-state index contributed by atoms with van der Waals surface area (Å²) in [5, 5.41) is 6.02. The van der Waals surface area contributed by atoms with E-state index in [0.29, 0.717) is 36.4 Å². The van der Waals surface area contributed by atoms with Crippen molar-refractivity contribution in [3.63, 3.8) is 0 Å². The van der Waals surface area contributed by atoms with Crippen LogP contribution in [0.1, 0.15) is 41.3 Å². The number of nitrogens with one attached hydrogen (secondary N) is 1. The summed E-state index contributed by atoms with van der Waals surface area (Å²) in [5.74, 6) is 4.21. The van der Waals surface area contributed by atoms with Crippen LogP contribution in [0.2, 0.25) is 0 Å². The molecule has 29 heavy (non-hydrogen) atoms. The van der Waals surface area contributed by atoms with E-state index in [2.05, 4.69) is 10.4 Å². The predicted molar refractivity (Wildman–Crippen MR) is 107 cm³/mol. The fourth-order valence-corrected chi connectivity index (χ4v) is 3.15. The molecule has 1 unspecified atom stereocenters. The Morgan fingerprint density at radius 3 is 2.90 bits per heavy atom. The molecule has 1 heterocycles. The lowest BCUT2D eigenvalue weighted by molar-refractivity contribution is -0.145. The fourth-order valence-electron chi connectivity index (χ4n) is 3.15. The maximum Gasteiger partial charge on any atom is 0.309 e. The first-order chi connectivity index (χ1) is 14.0. The molecule has 0 spiro atoms. The molecular formula is C21H22FN3O4. The zero-order valence-corrected chi connectivity index (χ0v) is 16.0. The van der Waals surface area contributed by atoms with Crippen LogP contribution in [0.3, 0.4) is 0 Å². The second kappa shape index (κ2) is 9.18. The summed E-state index contributed by atoms with van der Waals surface area (Å²) >= 11 is 0. The van der Waals surface area contributed by atoms with Gasteiger partial charge in [0.05, 0.1) is 24.8 Å². The normalized spacial score (nSPS) is 15.4. The highest BCUT2D eigenvalue weighted by Crippen LogP contribution is 2.31. The van der Waals surface area contributed by atoms with E-state index in [9.17, 15) is 14.0 Å². The maximum atomic E-state index is 14.2. The number of nitrogens with zero attached hydrogens (tertiary/aromatic N) is 1. The Morgan fingerprint density at radius 2 is 2.17 bits per heavy atom. The summed E-state index contributed by atoms with van der Waals surface area (Å²) in [6.07, 6.45) is 2.64. The number of anilines is 1. The second-order valence-electron chi connectivity index (χ2n) is 6.58. The topological polar surface area (TPSA) is 103 Å². The van der Waals surface area contributed by atoms with Gasteiger partial charge in [0, 0.05) is 5.69 Å². The molecule has 2 aromatic rings. The van der Waals surface area contributed by atoms with E-state index in [0.717, 1.165) is 5.56 Å². The molecule has 0 aromatic heterocycles. The zero-order valence-electron chi connectivity index (χ0n) is 16.0. The van der Waals surface area contributed by atoms with Crippen molar-refractivity contribution in [3.8, 4) is 5.75 Å². The minimum Gasteiger partial charge on any atom is -0.490 e. The van der Waals surface area contributed by atoms with E-state index in [1.165, 1.54) is 18.3 Å². The summed E-state index contributed by atoms with van der Waals surface area (Å²) in [6.45, 7) is 2.11. The van der Waals surface area contributed by atoms with Crippen LogP contribution >= 0.6 is 0 Å². The van der Waals surface area contributed by atoms with Gasteiger partial charge in [0.25, 0.3) is 5.91 Å². The molecule has 2 aromatic carbocycles. The van der Waals surface area contributed by atoms with E-state index in [1.54, 1.807) is 31.2 Å². The minimum atomic E-state index is -0.664. The molecule has 1 aliphatic heterocycles. The number of esters is 1. The van der Waals surface area contributed by atoms with Crippen LogP contribution < -0.4 is 15.9 Å². The number of benzene rings is 2. The lowest BCUT2D eigenvalue weighted by Gasteiger charge is -2.26. The highest BCUT2D eigenvalue weighted by molar-refractivity contribution is 6.04. The Labute approximate surface area is 167 Å². The molecular weight excluding hydrogens is 377 g/mol. The monoisotopic (exact) mass is 399 g/mol. The Kier molecular flexibility index (Phi) is 6.43. The molecule has 152 valence electrons. The van der Waals surface area contributed by atoms with Gasteiger partial charge in [-0.25, -0.2) is 4.39 Å². The SMILES string of the molecule is CCOC(=O)CC1CCc2cc(NC(=O)c3ccc(C=NN)cc3F)ccc2O1. The van der Waals surface area contributed by atoms with Crippen molar-refractivity contribution in [2.45, 2.75) is 32.3 Å². The lowest BCUT2D eigenvalue weighted by atomic mass is 10.00. The molecule has 1 amide bonds. The van der Waals surface area contributed by atoms with E-state index >= 15 is 0 Å². The van der Waals surface area contributed by atoms with Crippen molar-refractivity contribution in [2.75, 3.05) is 11.9 Å². The number of aryl methyl sites for hydroxylation is 1. The first-order valence-electron chi connectivity index (χ1n) is 9.29. The highest BCUT2D eigenvalue weighted by atomic mass is 19.1. The van der Waals surface area contributed by atoms with Gasteiger partial charge in [-0.1, -0.05) is 6.07 Å². The molecule has 7 nitrogen and oxygen atoms in total. The van der Waals surface area contributed by atoms with Gasteiger partial charge in [-0.2, -0.15) is 5.10 Å². The number of fused-ring (bicyclic) bond motifs is 1. The summed E-state index contributed by atoms with van der Waals surface area (Å²) in [4.78, 5) is 24.0. The van der Waals surface area contributed by atoms with Gasteiger partial charge in [-0.05, 0) is 61.2 Å². The van der Waals surface area contributed by atoms with E-state index in [1.807, 2.05) is 0 Å². The number of hydrogen-bond donors (Lipinski definition) is 2. The maximum absolute atomic E-state index is 14.2. The number of rotatable bonds is 6. The third-order valence-electron chi connectivity index (χ3n) is 4.51. The van der Waals surface area contributed by atoms with Gasteiger partial charge in [0.2, 0.25) is 0 Å². The minimum absolute atomic E-state index is 0.0809. The van der Waals surface area contributed by atoms with Crippen LogP contribution in [0.15, 0.2) is 41.5 Å². The van der Waals surface area contributed by atoms with Crippen molar-refractivity contribution in [1.29, 1.82) is 0 Å². The number of hydrogen-bond acceptors (Lipinski definition) is 6. The van der Waals surface area contributed by atoms with Crippen molar-refractivity contribution in [3.05, 3.63) is 58.9 Å². The smallest absolute Gasteiger partial charge is 0.309 e. The Morgan fingerprint density at radius 1 is 1.34 bits per heavy atom. The third kappa shape index (κ3) is 5.10. The summed E-state index contributed by atoms with van der Waals surface area (Å²) in [5.41, 5.74) is 1.83. The van der Waals surface area contributed by atoms with Crippen molar-refractivity contribution < 1.29 is 23.5 Å². The number of halogens is 1. The number of ether oxygens (including phenoxy) is 2. The van der Waals surface area contributed by atoms with E-state index < -0.39 is 11.7 Å². The van der Waals surface area contributed by atoms with Crippen LogP contribution in [0.4, 0.5) is 10.1 Å². The number of nitrogens with two attached hydrogens (primary N) is 1. The average molecular weight is 399 g/mol. The molecule has 0 bridgehead atoms. The van der Waals surface area contributed by atoms with E-state index in [4.69, 9.17) is 15.3 Å². The summed E-state index contributed by atoms with van der Waals surface area (Å²) < 4.78 is 25.0. The van der Waals surface area contributed by atoms with Crippen molar-refractivity contribution >= 4 is 23.8 Å². The Hall–Kier alpha value is -3.42. The lowest BCUT2D eigenvalue weighted by Crippen LogP contribution is -2.26.